The maximum absolute atomic E-state index is 13.2. The van der Waals surface area contributed by atoms with Crippen molar-refractivity contribution < 1.29 is 23.8 Å². The predicted molar refractivity (Wildman–Crippen MR) is 124 cm³/mol. The standard InChI is InChI=1S/C25H26BrFN2O4/c1-24(23(31)32,20-4-2-3-5-21(20)26)17-33-15-22(30)29-12-10-25(16-28,11-13-29)14-18-6-8-19(27)9-7-18/h2-9H,10-15,17H2,1H3,(H,31,32). The summed E-state index contributed by atoms with van der Waals surface area (Å²) in [7, 11) is 0. The molecule has 8 heteroatoms. The number of hydrogen-bond acceptors (Lipinski definition) is 4. The molecule has 1 heterocycles. The molecule has 0 radical (unpaired) electrons. The van der Waals surface area contributed by atoms with Crippen LogP contribution >= 0.6 is 15.9 Å². The van der Waals surface area contributed by atoms with Gasteiger partial charge in [-0.15, -0.1) is 0 Å². The lowest BCUT2D eigenvalue weighted by atomic mass is 9.75. The van der Waals surface area contributed by atoms with Gasteiger partial charge in [-0.05, 0) is 55.5 Å². The molecule has 0 aromatic heterocycles. The van der Waals surface area contributed by atoms with Gasteiger partial charge in [0.15, 0.2) is 0 Å². The number of carbonyl (C=O) groups is 2. The molecule has 33 heavy (non-hydrogen) atoms. The summed E-state index contributed by atoms with van der Waals surface area (Å²) < 4.78 is 19.4. The summed E-state index contributed by atoms with van der Waals surface area (Å²) >= 11 is 3.39. The molecule has 174 valence electrons. The number of halogens is 2. The van der Waals surface area contributed by atoms with E-state index in [9.17, 15) is 24.3 Å². The average Bonchev–Trinajstić information content (AvgIpc) is 2.81. The number of nitrogens with zero attached hydrogens (tertiary/aromatic N) is 2. The summed E-state index contributed by atoms with van der Waals surface area (Å²) in [6.07, 6.45) is 1.53. The minimum Gasteiger partial charge on any atom is -0.481 e. The molecule has 1 N–H and O–H groups in total. The number of likely N-dealkylation sites (tertiary alicyclic amines) is 1. The number of nitriles is 1. The summed E-state index contributed by atoms with van der Waals surface area (Å²) in [5.74, 6) is -1.59. The summed E-state index contributed by atoms with van der Waals surface area (Å²) in [5.41, 5.74) is -0.451. The summed E-state index contributed by atoms with van der Waals surface area (Å²) in [4.78, 5) is 26.3. The molecule has 1 aliphatic rings. The lowest BCUT2D eigenvalue weighted by Crippen LogP contribution is -2.45. The smallest absolute Gasteiger partial charge is 0.316 e. The van der Waals surface area contributed by atoms with Crippen molar-refractivity contribution in [3.8, 4) is 6.07 Å². The van der Waals surface area contributed by atoms with Crippen molar-refractivity contribution in [2.24, 2.45) is 5.41 Å². The number of rotatable bonds is 8. The minimum absolute atomic E-state index is 0.156. The Bertz CT molecular complexity index is 1050. The molecule has 1 fully saturated rings. The van der Waals surface area contributed by atoms with Crippen LogP contribution in [0.15, 0.2) is 53.0 Å². The van der Waals surface area contributed by atoms with Gasteiger partial charge >= 0.3 is 5.97 Å². The van der Waals surface area contributed by atoms with E-state index in [1.165, 1.54) is 12.1 Å². The summed E-state index contributed by atoms with van der Waals surface area (Å²) in [5, 5.41) is 19.6. The molecular weight excluding hydrogens is 491 g/mol. The molecular formula is C25H26BrFN2O4. The average molecular weight is 517 g/mol. The van der Waals surface area contributed by atoms with Gasteiger partial charge in [-0.3, -0.25) is 9.59 Å². The first-order valence-corrected chi connectivity index (χ1v) is 11.5. The van der Waals surface area contributed by atoms with Crippen LogP contribution in [-0.2, 0) is 26.2 Å². The van der Waals surface area contributed by atoms with Crippen LogP contribution in [0.5, 0.6) is 0 Å². The number of carbonyl (C=O) groups excluding carboxylic acids is 1. The third-order valence-corrected chi connectivity index (χ3v) is 7.01. The van der Waals surface area contributed by atoms with Gasteiger partial charge in [-0.2, -0.15) is 5.26 Å². The molecule has 0 spiro atoms. The quantitative estimate of drug-likeness (QED) is 0.564. The van der Waals surface area contributed by atoms with E-state index in [4.69, 9.17) is 4.74 Å². The Balaban J connectivity index is 1.55. The topological polar surface area (TPSA) is 90.6 Å². The molecule has 2 aromatic rings. The Morgan fingerprint density at radius 3 is 2.42 bits per heavy atom. The normalized spacial score (nSPS) is 17.1. The van der Waals surface area contributed by atoms with E-state index in [-0.39, 0.29) is 24.9 Å². The van der Waals surface area contributed by atoms with Crippen LogP contribution in [0.4, 0.5) is 4.39 Å². The highest BCUT2D eigenvalue weighted by Crippen LogP contribution is 2.35. The fourth-order valence-electron chi connectivity index (χ4n) is 4.10. The van der Waals surface area contributed by atoms with Crippen LogP contribution in [0.2, 0.25) is 0 Å². The first-order chi connectivity index (χ1) is 15.7. The Kier molecular flexibility index (Phi) is 7.88. The Labute approximate surface area is 201 Å². The van der Waals surface area contributed by atoms with Crippen LogP contribution in [0.1, 0.15) is 30.9 Å². The van der Waals surface area contributed by atoms with Gasteiger partial charge in [0.05, 0.1) is 18.1 Å². The van der Waals surface area contributed by atoms with E-state index in [0.29, 0.717) is 42.4 Å². The second kappa shape index (κ2) is 10.4. The third-order valence-electron chi connectivity index (χ3n) is 6.32. The predicted octanol–water partition coefficient (Wildman–Crippen LogP) is 4.32. The van der Waals surface area contributed by atoms with Crippen LogP contribution in [0, 0.1) is 22.6 Å². The van der Waals surface area contributed by atoms with Crippen molar-refractivity contribution >= 4 is 27.8 Å². The first kappa shape index (κ1) is 24.9. The van der Waals surface area contributed by atoms with E-state index in [1.54, 1.807) is 48.2 Å². The zero-order valence-corrected chi connectivity index (χ0v) is 20.0. The number of ether oxygens (including phenoxy) is 1. The number of hydrogen-bond donors (Lipinski definition) is 1. The van der Waals surface area contributed by atoms with E-state index < -0.39 is 16.8 Å². The van der Waals surface area contributed by atoms with Gasteiger partial charge in [0, 0.05) is 17.6 Å². The number of piperidine rings is 1. The lowest BCUT2D eigenvalue weighted by Gasteiger charge is -2.37. The van der Waals surface area contributed by atoms with Crippen molar-refractivity contribution in [3.05, 3.63) is 69.9 Å². The fraction of sp³-hybridized carbons (Fsp3) is 0.400. The third kappa shape index (κ3) is 5.79. The van der Waals surface area contributed by atoms with Gasteiger partial charge in [-0.25, -0.2) is 4.39 Å². The largest absolute Gasteiger partial charge is 0.481 e. The lowest BCUT2D eigenvalue weighted by molar-refractivity contribution is -0.148. The number of aliphatic carboxylic acids is 1. The molecule has 3 rings (SSSR count). The highest BCUT2D eigenvalue weighted by molar-refractivity contribution is 9.10. The molecule has 1 atom stereocenters. The molecule has 6 nitrogen and oxygen atoms in total. The minimum atomic E-state index is -1.31. The molecule has 0 saturated carbocycles. The monoisotopic (exact) mass is 516 g/mol. The van der Waals surface area contributed by atoms with Crippen LogP contribution in [0.25, 0.3) is 0 Å². The van der Waals surface area contributed by atoms with Crippen molar-refractivity contribution in [1.29, 1.82) is 5.26 Å². The van der Waals surface area contributed by atoms with Crippen molar-refractivity contribution in [2.75, 3.05) is 26.3 Å². The van der Waals surface area contributed by atoms with E-state index in [2.05, 4.69) is 22.0 Å². The molecule has 0 bridgehead atoms. The van der Waals surface area contributed by atoms with Crippen LogP contribution in [0.3, 0.4) is 0 Å². The Morgan fingerprint density at radius 1 is 1.21 bits per heavy atom. The first-order valence-electron chi connectivity index (χ1n) is 10.7. The summed E-state index contributed by atoms with van der Waals surface area (Å²) in [6.45, 7) is 2.01. The van der Waals surface area contributed by atoms with Gasteiger partial charge in [0.25, 0.3) is 0 Å². The number of benzene rings is 2. The van der Waals surface area contributed by atoms with Gasteiger partial charge in [0.1, 0.15) is 17.8 Å². The second-order valence-electron chi connectivity index (χ2n) is 8.69. The summed E-state index contributed by atoms with van der Waals surface area (Å²) in [6, 6.07) is 15.6. The highest BCUT2D eigenvalue weighted by atomic mass is 79.9. The second-order valence-corrected chi connectivity index (χ2v) is 9.54. The molecule has 1 saturated heterocycles. The van der Waals surface area contributed by atoms with Crippen molar-refractivity contribution in [1.82, 2.24) is 4.90 Å². The van der Waals surface area contributed by atoms with E-state index >= 15 is 0 Å². The molecule has 1 aliphatic heterocycles. The Morgan fingerprint density at radius 2 is 1.85 bits per heavy atom. The van der Waals surface area contributed by atoms with E-state index in [1.807, 2.05) is 0 Å². The van der Waals surface area contributed by atoms with Crippen molar-refractivity contribution in [3.63, 3.8) is 0 Å². The van der Waals surface area contributed by atoms with Crippen molar-refractivity contribution in [2.45, 2.75) is 31.6 Å². The van der Waals surface area contributed by atoms with Gasteiger partial charge in [-0.1, -0.05) is 46.3 Å². The van der Waals surface area contributed by atoms with Gasteiger partial charge < -0.3 is 14.7 Å². The Hall–Kier alpha value is -2.76. The maximum Gasteiger partial charge on any atom is 0.316 e. The molecule has 0 aliphatic carbocycles. The number of carboxylic acid groups (broad SMARTS) is 1. The van der Waals surface area contributed by atoms with Crippen LogP contribution in [-0.4, -0.2) is 48.2 Å². The number of amides is 1. The van der Waals surface area contributed by atoms with Crippen LogP contribution < -0.4 is 0 Å². The molecule has 1 amide bonds. The van der Waals surface area contributed by atoms with Gasteiger partial charge in [0.2, 0.25) is 5.91 Å². The highest BCUT2D eigenvalue weighted by Gasteiger charge is 2.39. The zero-order chi connectivity index (χ0) is 24.1. The zero-order valence-electron chi connectivity index (χ0n) is 18.4. The molecule has 2 aromatic carbocycles. The van der Waals surface area contributed by atoms with E-state index in [0.717, 1.165) is 5.56 Å². The number of carboxylic acids is 1. The SMILES string of the molecule is CC(COCC(=O)N1CCC(C#N)(Cc2ccc(F)cc2)CC1)(C(=O)O)c1ccccc1Br. The fourth-order valence-corrected chi connectivity index (χ4v) is 4.82. The molecule has 1 unspecified atom stereocenters. The maximum atomic E-state index is 13.2.